The lowest BCUT2D eigenvalue weighted by molar-refractivity contribution is -0.137. The number of nitrogens with one attached hydrogen (secondary N) is 2. The molecule has 0 bridgehead atoms. The highest BCUT2D eigenvalue weighted by Gasteiger charge is 2.57. The molecule has 2 aromatic rings. The minimum Gasteiger partial charge on any atom is -0.323 e. The van der Waals surface area contributed by atoms with E-state index in [9.17, 15) is 18.0 Å². The number of halogens is 3. The number of nitrogens with zero attached hydrogens (tertiary/aromatic N) is 2. The average Bonchev–Trinajstić information content (AvgIpc) is 3.10. The molecule has 138 valence electrons. The van der Waals surface area contributed by atoms with Crippen molar-refractivity contribution in [3.8, 4) is 5.69 Å². The van der Waals surface area contributed by atoms with Gasteiger partial charge in [-0.2, -0.15) is 18.3 Å². The lowest BCUT2D eigenvalue weighted by Gasteiger charge is -2.23. The summed E-state index contributed by atoms with van der Waals surface area (Å²) in [6, 6.07) is 4.92. The van der Waals surface area contributed by atoms with Gasteiger partial charge < -0.3 is 10.6 Å². The average molecular weight is 364 g/mol. The van der Waals surface area contributed by atoms with Crippen LogP contribution in [0.5, 0.6) is 0 Å². The molecule has 2 aliphatic rings. The van der Waals surface area contributed by atoms with Gasteiger partial charge in [0, 0.05) is 5.92 Å². The summed E-state index contributed by atoms with van der Waals surface area (Å²) < 4.78 is 39.8. The van der Waals surface area contributed by atoms with E-state index in [1.807, 2.05) is 0 Å². The number of carbonyl (C=O) groups is 1. The van der Waals surface area contributed by atoms with Crippen LogP contribution in [0.25, 0.3) is 5.69 Å². The first-order chi connectivity index (χ1) is 12.4. The molecular weight excluding hydrogens is 345 g/mol. The van der Waals surface area contributed by atoms with Crippen molar-refractivity contribution in [1.29, 1.82) is 0 Å². The number of piperidine rings is 1. The molecule has 1 saturated heterocycles. The molecular formula is C18H19F3N4O. The van der Waals surface area contributed by atoms with Crippen LogP contribution < -0.4 is 10.6 Å². The van der Waals surface area contributed by atoms with Gasteiger partial charge >= 0.3 is 6.18 Å². The van der Waals surface area contributed by atoms with E-state index < -0.39 is 11.7 Å². The first-order valence-corrected chi connectivity index (χ1v) is 8.61. The van der Waals surface area contributed by atoms with Gasteiger partial charge in [0.05, 0.1) is 29.3 Å². The molecule has 2 heterocycles. The van der Waals surface area contributed by atoms with Crippen LogP contribution in [0, 0.1) is 11.3 Å². The maximum Gasteiger partial charge on any atom is 0.416 e. The van der Waals surface area contributed by atoms with Gasteiger partial charge in [0.1, 0.15) is 0 Å². The van der Waals surface area contributed by atoms with E-state index in [2.05, 4.69) is 15.7 Å². The molecule has 26 heavy (non-hydrogen) atoms. The number of rotatable bonds is 3. The zero-order chi connectivity index (χ0) is 18.4. The van der Waals surface area contributed by atoms with Gasteiger partial charge in [-0.15, -0.1) is 0 Å². The lowest BCUT2D eigenvalue weighted by atomic mass is 9.92. The summed E-state index contributed by atoms with van der Waals surface area (Å²) in [4.78, 5) is 12.5. The fourth-order valence-electron chi connectivity index (χ4n) is 3.78. The van der Waals surface area contributed by atoms with Crippen LogP contribution in [0.3, 0.4) is 0 Å². The zero-order valence-electron chi connectivity index (χ0n) is 14.0. The fraction of sp³-hybridized carbons (Fsp3) is 0.444. The predicted molar refractivity (Wildman–Crippen MR) is 89.8 cm³/mol. The maximum atomic E-state index is 12.8. The minimum atomic E-state index is -4.41. The smallest absolute Gasteiger partial charge is 0.323 e. The van der Waals surface area contributed by atoms with Crippen LogP contribution in [0.4, 0.5) is 18.9 Å². The van der Waals surface area contributed by atoms with E-state index in [1.54, 1.807) is 6.07 Å². The van der Waals surface area contributed by atoms with Gasteiger partial charge in [-0.05, 0) is 56.0 Å². The summed E-state index contributed by atoms with van der Waals surface area (Å²) in [6.45, 7) is 1.88. The molecule has 1 aromatic carbocycles. The fourth-order valence-corrected chi connectivity index (χ4v) is 3.78. The van der Waals surface area contributed by atoms with E-state index in [0.717, 1.165) is 44.5 Å². The van der Waals surface area contributed by atoms with Crippen molar-refractivity contribution in [3.05, 3.63) is 42.2 Å². The van der Waals surface area contributed by atoms with Crippen molar-refractivity contribution in [3.63, 3.8) is 0 Å². The van der Waals surface area contributed by atoms with Crippen LogP contribution in [0.15, 0.2) is 36.7 Å². The van der Waals surface area contributed by atoms with E-state index >= 15 is 0 Å². The van der Waals surface area contributed by atoms with E-state index in [0.29, 0.717) is 11.4 Å². The Morgan fingerprint density at radius 3 is 2.81 bits per heavy atom. The maximum absolute atomic E-state index is 12.8. The van der Waals surface area contributed by atoms with Gasteiger partial charge in [0.25, 0.3) is 0 Å². The summed E-state index contributed by atoms with van der Waals surface area (Å²) in [7, 11) is 0. The Morgan fingerprint density at radius 2 is 2.08 bits per heavy atom. The summed E-state index contributed by atoms with van der Waals surface area (Å²) in [5.41, 5.74) is 0.179. The standard InChI is InChI=1S/C18H19F3N4O/c19-18(20,21)12-2-1-3-14(8-12)25-11-13(10-23-25)24-16(26)15-9-17(15)4-6-22-7-5-17/h1-3,8,10-11,15,22H,4-7,9H2,(H,24,26). The Bertz CT molecular complexity index is 824. The number of hydrogen-bond acceptors (Lipinski definition) is 3. The largest absolute Gasteiger partial charge is 0.416 e. The molecule has 2 N–H and O–H groups in total. The first-order valence-electron chi connectivity index (χ1n) is 8.61. The van der Waals surface area contributed by atoms with Crippen LogP contribution in [0.1, 0.15) is 24.8 Å². The number of aromatic nitrogens is 2. The SMILES string of the molecule is O=C(Nc1cnn(-c2cccc(C(F)(F)F)c2)c1)C1CC12CCNCC2. The number of hydrogen-bond donors (Lipinski definition) is 2. The zero-order valence-corrected chi connectivity index (χ0v) is 14.0. The summed E-state index contributed by atoms with van der Waals surface area (Å²) in [5.74, 6) is -0.0167. The van der Waals surface area contributed by atoms with Crippen molar-refractivity contribution in [2.45, 2.75) is 25.4 Å². The van der Waals surface area contributed by atoms with Gasteiger partial charge in [-0.25, -0.2) is 4.68 Å². The van der Waals surface area contributed by atoms with E-state index in [-0.39, 0.29) is 17.2 Å². The molecule has 1 saturated carbocycles. The van der Waals surface area contributed by atoms with Gasteiger partial charge in [-0.3, -0.25) is 4.79 Å². The van der Waals surface area contributed by atoms with Gasteiger partial charge in [0.2, 0.25) is 5.91 Å². The highest BCUT2D eigenvalue weighted by molar-refractivity contribution is 5.94. The molecule has 5 nitrogen and oxygen atoms in total. The summed E-state index contributed by atoms with van der Waals surface area (Å²) in [5, 5.41) is 10.2. The number of anilines is 1. The summed E-state index contributed by atoms with van der Waals surface area (Å²) >= 11 is 0. The second-order valence-corrected chi connectivity index (χ2v) is 7.08. The number of benzene rings is 1. The lowest BCUT2D eigenvalue weighted by Crippen LogP contribution is -2.31. The molecule has 2 fully saturated rings. The third-order valence-corrected chi connectivity index (χ3v) is 5.39. The highest BCUT2D eigenvalue weighted by atomic mass is 19.4. The second kappa shape index (κ2) is 6.12. The number of carbonyl (C=O) groups excluding carboxylic acids is 1. The monoisotopic (exact) mass is 364 g/mol. The third kappa shape index (κ3) is 3.21. The van der Waals surface area contributed by atoms with Crippen LogP contribution in [0.2, 0.25) is 0 Å². The number of alkyl halides is 3. The molecule has 1 atom stereocenters. The van der Waals surface area contributed by atoms with Gasteiger partial charge in [-0.1, -0.05) is 6.07 Å². The highest BCUT2D eigenvalue weighted by Crippen LogP contribution is 2.58. The quantitative estimate of drug-likeness (QED) is 0.879. The molecule has 8 heteroatoms. The van der Waals surface area contributed by atoms with Gasteiger partial charge in [0.15, 0.2) is 0 Å². The molecule has 1 aliphatic heterocycles. The molecule has 1 aliphatic carbocycles. The molecule has 4 rings (SSSR count). The van der Waals surface area contributed by atoms with E-state index in [1.165, 1.54) is 23.1 Å². The van der Waals surface area contributed by atoms with Crippen molar-refractivity contribution < 1.29 is 18.0 Å². The molecule has 1 amide bonds. The molecule has 0 radical (unpaired) electrons. The second-order valence-electron chi connectivity index (χ2n) is 7.08. The Kier molecular flexibility index (Phi) is 4.02. The van der Waals surface area contributed by atoms with Crippen molar-refractivity contribution in [1.82, 2.24) is 15.1 Å². The van der Waals surface area contributed by atoms with Crippen LogP contribution in [-0.4, -0.2) is 28.8 Å². The number of amides is 1. The topological polar surface area (TPSA) is 59.0 Å². The third-order valence-electron chi connectivity index (χ3n) is 5.39. The van der Waals surface area contributed by atoms with Crippen molar-refractivity contribution in [2.75, 3.05) is 18.4 Å². The minimum absolute atomic E-state index is 0.0153. The Morgan fingerprint density at radius 1 is 1.31 bits per heavy atom. The molecule has 1 unspecified atom stereocenters. The Hall–Kier alpha value is -2.35. The molecule has 1 spiro atoms. The molecule has 1 aromatic heterocycles. The predicted octanol–water partition coefficient (Wildman–Crippen LogP) is 3.22. The van der Waals surface area contributed by atoms with Crippen LogP contribution >= 0.6 is 0 Å². The van der Waals surface area contributed by atoms with Crippen LogP contribution in [-0.2, 0) is 11.0 Å². The summed E-state index contributed by atoms with van der Waals surface area (Å²) in [6.07, 6.45) is 1.50. The van der Waals surface area contributed by atoms with Crippen molar-refractivity contribution in [2.24, 2.45) is 11.3 Å². The Labute approximate surface area is 148 Å². The first kappa shape index (κ1) is 17.1. The Balaban J connectivity index is 1.45. The van der Waals surface area contributed by atoms with Crippen molar-refractivity contribution >= 4 is 11.6 Å². The van der Waals surface area contributed by atoms with E-state index in [4.69, 9.17) is 0 Å². The normalized spacial score (nSPS) is 21.6.